The van der Waals surface area contributed by atoms with Crippen molar-refractivity contribution in [3.63, 3.8) is 0 Å². The number of anilines is 1. The van der Waals surface area contributed by atoms with Gasteiger partial charge in [-0.25, -0.2) is 9.97 Å². The van der Waals surface area contributed by atoms with E-state index < -0.39 is 6.10 Å². The number of aliphatic hydroxyl groups is 1. The fourth-order valence-corrected chi connectivity index (χ4v) is 4.45. The summed E-state index contributed by atoms with van der Waals surface area (Å²) < 4.78 is 5.35. The number of hydrogen-bond acceptors (Lipinski definition) is 8. The van der Waals surface area contributed by atoms with E-state index in [1.165, 1.54) is 12.1 Å². The highest BCUT2D eigenvalue weighted by atomic mass is 16.6. The third-order valence-electron chi connectivity index (χ3n) is 6.41. The molecule has 9 nitrogen and oxygen atoms in total. The Labute approximate surface area is 211 Å². The average Bonchev–Trinajstić information content (AvgIpc) is 2.90. The number of aromatic nitrogens is 2. The van der Waals surface area contributed by atoms with Gasteiger partial charge in [0.15, 0.2) is 5.82 Å². The van der Waals surface area contributed by atoms with Crippen LogP contribution < -0.4 is 4.90 Å². The van der Waals surface area contributed by atoms with Crippen LogP contribution in [0, 0.1) is 17.0 Å². The van der Waals surface area contributed by atoms with Crippen LogP contribution in [0.3, 0.4) is 0 Å². The lowest BCUT2D eigenvalue weighted by atomic mass is 10.0. The molecule has 1 N–H and O–H groups in total. The standard InChI is InChI=1S/C27H33N5O4/c1-3-36-19-24(33)18-30-13-15-31(16-14-30)27-25(17-21-9-11-23(12-10-21)32(34)35)20(2)28-26(29-27)22-7-5-4-6-8-22/h4-12,24,33H,3,13-19H2,1-2H3/t24-/m1/s1. The molecule has 0 bridgehead atoms. The number of aryl methyl sites for hydroxylation is 1. The topological polar surface area (TPSA) is 105 Å². The lowest BCUT2D eigenvalue weighted by Gasteiger charge is -2.37. The molecule has 0 amide bonds. The molecule has 190 valence electrons. The Kier molecular flexibility index (Phi) is 8.58. The molecule has 1 aliphatic rings. The summed E-state index contributed by atoms with van der Waals surface area (Å²) in [7, 11) is 0. The van der Waals surface area contributed by atoms with Crippen molar-refractivity contribution in [3.05, 3.63) is 81.5 Å². The molecule has 0 saturated carbocycles. The van der Waals surface area contributed by atoms with Crippen molar-refractivity contribution >= 4 is 11.5 Å². The summed E-state index contributed by atoms with van der Waals surface area (Å²) in [4.78, 5) is 25.0. The van der Waals surface area contributed by atoms with Crippen molar-refractivity contribution < 1.29 is 14.8 Å². The summed E-state index contributed by atoms with van der Waals surface area (Å²) >= 11 is 0. The van der Waals surface area contributed by atoms with Gasteiger partial charge in [0.25, 0.3) is 5.69 Å². The van der Waals surface area contributed by atoms with Crippen molar-refractivity contribution in [2.45, 2.75) is 26.4 Å². The molecule has 1 aliphatic heterocycles. The predicted octanol–water partition coefficient (Wildman–Crippen LogP) is 3.47. The molecule has 0 aliphatic carbocycles. The minimum absolute atomic E-state index is 0.0778. The van der Waals surface area contributed by atoms with Gasteiger partial charge < -0.3 is 14.7 Å². The first-order valence-corrected chi connectivity index (χ1v) is 12.3. The number of non-ortho nitro benzene ring substituents is 1. The molecular formula is C27H33N5O4. The Morgan fingerprint density at radius 1 is 1.06 bits per heavy atom. The highest BCUT2D eigenvalue weighted by Crippen LogP contribution is 2.28. The van der Waals surface area contributed by atoms with E-state index in [0.29, 0.717) is 32.0 Å². The van der Waals surface area contributed by atoms with Crippen LogP contribution in [0.5, 0.6) is 0 Å². The Hall–Kier alpha value is -3.40. The molecule has 2 heterocycles. The van der Waals surface area contributed by atoms with E-state index in [1.54, 1.807) is 12.1 Å². The Bertz CT molecular complexity index is 1150. The van der Waals surface area contributed by atoms with Gasteiger partial charge in [-0.05, 0) is 19.4 Å². The quantitative estimate of drug-likeness (QED) is 0.340. The van der Waals surface area contributed by atoms with E-state index in [4.69, 9.17) is 14.7 Å². The highest BCUT2D eigenvalue weighted by molar-refractivity contribution is 5.61. The van der Waals surface area contributed by atoms with E-state index in [1.807, 2.05) is 44.2 Å². The number of ether oxygens (including phenoxy) is 1. The Morgan fingerprint density at radius 2 is 1.75 bits per heavy atom. The fourth-order valence-electron chi connectivity index (χ4n) is 4.45. The van der Waals surface area contributed by atoms with E-state index in [-0.39, 0.29) is 10.6 Å². The Balaban J connectivity index is 1.58. The number of aliphatic hydroxyl groups excluding tert-OH is 1. The number of nitro benzene ring substituents is 1. The lowest BCUT2D eigenvalue weighted by Crippen LogP contribution is -2.49. The first kappa shape index (κ1) is 25.7. The highest BCUT2D eigenvalue weighted by Gasteiger charge is 2.24. The molecule has 0 spiro atoms. The van der Waals surface area contributed by atoms with E-state index >= 15 is 0 Å². The van der Waals surface area contributed by atoms with E-state index in [0.717, 1.165) is 54.4 Å². The Morgan fingerprint density at radius 3 is 2.39 bits per heavy atom. The SMILES string of the molecule is CCOC[C@H](O)CN1CCN(c2nc(-c3ccccc3)nc(C)c2Cc2ccc([N+](=O)[O-])cc2)CC1. The first-order valence-electron chi connectivity index (χ1n) is 12.3. The molecule has 9 heteroatoms. The molecule has 1 fully saturated rings. The zero-order valence-corrected chi connectivity index (χ0v) is 20.8. The second-order valence-corrected chi connectivity index (χ2v) is 9.00. The van der Waals surface area contributed by atoms with Gasteiger partial charge in [0.1, 0.15) is 5.82 Å². The number of piperazine rings is 1. The van der Waals surface area contributed by atoms with Crippen molar-refractivity contribution in [3.8, 4) is 11.4 Å². The maximum absolute atomic E-state index is 11.1. The van der Waals surface area contributed by atoms with Crippen LogP contribution in [0.4, 0.5) is 11.5 Å². The van der Waals surface area contributed by atoms with Crippen LogP contribution in [0.1, 0.15) is 23.7 Å². The molecule has 1 atom stereocenters. The summed E-state index contributed by atoms with van der Waals surface area (Å²) in [5.41, 5.74) is 3.93. The smallest absolute Gasteiger partial charge is 0.269 e. The van der Waals surface area contributed by atoms with Crippen molar-refractivity contribution in [2.75, 3.05) is 50.8 Å². The fraction of sp³-hybridized carbons (Fsp3) is 0.407. The minimum Gasteiger partial charge on any atom is -0.389 e. The van der Waals surface area contributed by atoms with Crippen LogP contribution in [-0.2, 0) is 11.2 Å². The summed E-state index contributed by atoms with van der Waals surface area (Å²) in [6.45, 7) is 8.63. The number of benzene rings is 2. The normalized spacial score (nSPS) is 15.1. The molecular weight excluding hydrogens is 458 g/mol. The summed E-state index contributed by atoms with van der Waals surface area (Å²) in [6.07, 6.45) is 0.0850. The molecule has 0 unspecified atom stereocenters. The average molecular weight is 492 g/mol. The minimum atomic E-state index is -0.500. The molecule has 3 aromatic rings. The second kappa shape index (κ2) is 12.0. The van der Waals surface area contributed by atoms with Gasteiger partial charge in [-0.15, -0.1) is 0 Å². The summed E-state index contributed by atoms with van der Waals surface area (Å²) in [5.74, 6) is 1.58. The van der Waals surface area contributed by atoms with Gasteiger partial charge in [0, 0.05) is 74.7 Å². The second-order valence-electron chi connectivity index (χ2n) is 9.00. The zero-order chi connectivity index (χ0) is 25.5. The third kappa shape index (κ3) is 6.42. The van der Waals surface area contributed by atoms with Gasteiger partial charge in [0.2, 0.25) is 0 Å². The van der Waals surface area contributed by atoms with Gasteiger partial charge in [0.05, 0.1) is 17.6 Å². The van der Waals surface area contributed by atoms with Crippen molar-refractivity contribution in [1.82, 2.24) is 14.9 Å². The maximum Gasteiger partial charge on any atom is 0.269 e. The predicted molar refractivity (Wildman–Crippen MR) is 139 cm³/mol. The van der Waals surface area contributed by atoms with Crippen LogP contribution in [0.15, 0.2) is 54.6 Å². The molecule has 1 aromatic heterocycles. The van der Waals surface area contributed by atoms with Gasteiger partial charge in [-0.1, -0.05) is 42.5 Å². The van der Waals surface area contributed by atoms with E-state index in [2.05, 4.69) is 9.80 Å². The van der Waals surface area contributed by atoms with Crippen molar-refractivity contribution in [1.29, 1.82) is 0 Å². The maximum atomic E-state index is 11.1. The van der Waals surface area contributed by atoms with Gasteiger partial charge in [-0.2, -0.15) is 0 Å². The summed E-state index contributed by atoms with van der Waals surface area (Å²) in [6, 6.07) is 16.6. The first-order chi connectivity index (χ1) is 17.4. The largest absolute Gasteiger partial charge is 0.389 e. The molecule has 1 saturated heterocycles. The zero-order valence-electron chi connectivity index (χ0n) is 20.8. The van der Waals surface area contributed by atoms with Crippen LogP contribution >= 0.6 is 0 Å². The molecule has 2 aromatic carbocycles. The third-order valence-corrected chi connectivity index (χ3v) is 6.41. The number of nitrogens with zero attached hydrogens (tertiary/aromatic N) is 5. The number of rotatable bonds is 10. The van der Waals surface area contributed by atoms with Crippen molar-refractivity contribution in [2.24, 2.45) is 0 Å². The summed E-state index contributed by atoms with van der Waals surface area (Å²) in [5, 5.41) is 21.3. The molecule has 4 rings (SSSR count). The van der Waals surface area contributed by atoms with Gasteiger partial charge >= 0.3 is 0 Å². The lowest BCUT2D eigenvalue weighted by molar-refractivity contribution is -0.384. The van der Waals surface area contributed by atoms with E-state index in [9.17, 15) is 15.2 Å². The van der Waals surface area contributed by atoms with Gasteiger partial charge in [-0.3, -0.25) is 15.0 Å². The van der Waals surface area contributed by atoms with Crippen LogP contribution in [0.25, 0.3) is 11.4 Å². The number of β-amino-alcohol motifs (C(OH)–C–C–N with tert-alkyl or cyclic N) is 1. The van der Waals surface area contributed by atoms with Crippen LogP contribution in [-0.4, -0.2) is 76.9 Å². The number of nitro groups is 1. The monoisotopic (exact) mass is 491 g/mol. The molecule has 36 heavy (non-hydrogen) atoms. The number of hydrogen-bond donors (Lipinski definition) is 1. The van der Waals surface area contributed by atoms with Crippen LogP contribution in [0.2, 0.25) is 0 Å². The molecule has 0 radical (unpaired) electrons.